The molecule has 0 fully saturated rings. The molecule has 0 radical (unpaired) electrons. The second kappa shape index (κ2) is 5.33. The van der Waals surface area contributed by atoms with Crippen LogP contribution in [0.5, 0.6) is 5.75 Å². The highest BCUT2D eigenvalue weighted by Crippen LogP contribution is 2.30. The van der Waals surface area contributed by atoms with Gasteiger partial charge in [-0.25, -0.2) is 13.9 Å². The van der Waals surface area contributed by atoms with Crippen LogP contribution in [0.4, 0.5) is 4.39 Å². The maximum Gasteiger partial charge on any atom is 0.335 e. The molecule has 0 saturated heterocycles. The summed E-state index contributed by atoms with van der Waals surface area (Å²) in [5, 5.41) is 23.0. The van der Waals surface area contributed by atoms with E-state index in [-0.39, 0.29) is 11.3 Å². The number of phenols is 1. The molecule has 5 nitrogen and oxygen atoms in total. The van der Waals surface area contributed by atoms with Crippen molar-refractivity contribution in [1.82, 2.24) is 9.78 Å². The van der Waals surface area contributed by atoms with E-state index in [1.807, 2.05) is 0 Å². The zero-order valence-corrected chi connectivity index (χ0v) is 11.3. The summed E-state index contributed by atoms with van der Waals surface area (Å²) in [4.78, 5) is 10.9. The molecule has 0 spiro atoms. The maximum atomic E-state index is 13.1. The van der Waals surface area contributed by atoms with E-state index in [0.717, 1.165) is 6.07 Å². The van der Waals surface area contributed by atoms with Crippen molar-refractivity contribution in [2.24, 2.45) is 0 Å². The number of nitrogens with zero attached hydrogens (tertiary/aromatic N) is 2. The normalized spacial score (nSPS) is 10.6. The Morgan fingerprint density at radius 2 is 1.82 bits per heavy atom. The number of phenolic OH excluding ortho intramolecular Hbond substituents is 1. The first kappa shape index (κ1) is 13.8. The van der Waals surface area contributed by atoms with Crippen molar-refractivity contribution in [3.8, 4) is 22.7 Å². The summed E-state index contributed by atoms with van der Waals surface area (Å²) in [6.45, 7) is 0. The quantitative estimate of drug-likeness (QED) is 0.779. The van der Waals surface area contributed by atoms with Crippen molar-refractivity contribution in [3.63, 3.8) is 0 Å². The Balaban J connectivity index is 2.07. The van der Waals surface area contributed by atoms with E-state index in [9.17, 15) is 14.3 Å². The smallest absolute Gasteiger partial charge is 0.335 e. The third kappa shape index (κ3) is 2.42. The summed E-state index contributed by atoms with van der Waals surface area (Å²) < 4.78 is 14.6. The summed E-state index contributed by atoms with van der Waals surface area (Å²) in [6, 6.07) is 11.6. The number of benzene rings is 2. The average Bonchev–Trinajstić information content (AvgIpc) is 2.96. The molecule has 22 heavy (non-hydrogen) atoms. The van der Waals surface area contributed by atoms with Crippen molar-refractivity contribution in [2.45, 2.75) is 0 Å². The molecule has 110 valence electrons. The highest BCUT2D eigenvalue weighted by atomic mass is 19.1. The van der Waals surface area contributed by atoms with Gasteiger partial charge in [0.1, 0.15) is 11.6 Å². The van der Waals surface area contributed by atoms with Crippen molar-refractivity contribution in [1.29, 1.82) is 0 Å². The largest absolute Gasteiger partial charge is 0.507 e. The predicted molar refractivity (Wildman–Crippen MR) is 77.6 cm³/mol. The highest BCUT2D eigenvalue weighted by molar-refractivity contribution is 5.87. The van der Waals surface area contributed by atoms with Crippen molar-refractivity contribution in [3.05, 3.63) is 66.1 Å². The molecule has 2 aromatic carbocycles. The van der Waals surface area contributed by atoms with Crippen LogP contribution >= 0.6 is 0 Å². The lowest BCUT2D eigenvalue weighted by molar-refractivity contribution is 0.0697. The van der Waals surface area contributed by atoms with Crippen LogP contribution in [0.1, 0.15) is 10.4 Å². The van der Waals surface area contributed by atoms with E-state index in [2.05, 4.69) is 5.10 Å². The molecule has 0 amide bonds. The third-order valence-corrected chi connectivity index (χ3v) is 3.24. The summed E-state index contributed by atoms with van der Waals surface area (Å²) in [7, 11) is 0. The SMILES string of the molecule is O=C(O)c1ccc(-n2nccc2-c2ccc(F)cc2O)cc1. The fourth-order valence-electron chi connectivity index (χ4n) is 2.18. The lowest BCUT2D eigenvalue weighted by atomic mass is 10.1. The topological polar surface area (TPSA) is 75.3 Å². The Morgan fingerprint density at radius 3 is 2.45 bits per heavy atom. The van der Waals surface area contributed by atoms with Crippen LogP contribution in [-0.2, 0) is 0 Å². The number of carboxylic acid groups (broad SMARTS) is 1. The Kier molecular flexibility index (Phi) is 3.34. The Bertz CT molecular complexity index is 841. The second-order valence-corrected chi connectivity index (χ2v) is 4.64. The minimum Gasteiger partial charge on any atom is -0.507 e. The maximum absolute atomic E-state index is 13.1. The number of aromatic nitrogens is 2. The van der Waals surface area contributed by atoms with Crippen LogP contribution < -0.4 is 0 Å². The van der Waals surface area contributed by atoms with E-state index < -0.39 is 11.8 Å². The second-order valence-electron chi connectivity index (χ2n) is 4.64. The average molecular weight is 298 g/mol. The van der Waals surface area contributed by atoms with Crippen LogP contribution in [0, 0.1) is 5.82 Å². The van der Waals surface area contributed by atoms with E-state index in [4.69, 9.17) is 5.11 Å². The van der Waals surface area contributed by atoms with E-state index in [0.29, 0.717) is 16.9 Å². The number of hydrogen-bond donors (Lipinski definition) is 2. The molecule has 2 N–H and O–H groups in total. The van der Waals surface area contributed by atoms with Crippen LogP contribution in [0.25, 0.3) is 16.9 Å². The van der Waals surface area contributed by atoms with E-state index in [1.54, 1.807) is 29.1 Å². The first-order chi connectivity index (χ1) is 10.6. The number of carbonyl (C=O) groups is 1. The predicted octanol–water partition coefficient (Wildman–Crippen LogP) is 3.08. The molecule has 0 atom stereocenters. The molecule has 0 saturated carbocycles. The highest BCUT2D eigenvalue weighted by Gasteiger charge is 2.12. The molecule has 0 aliphatic carbocycles. The molecule has 0 unspecified atom stereocenters. The van der Waals surface area contributed by atoms with Gasteiger partial charge in [0.2, 0.25) is 0 Å². The first-order valence-electron chi connectivity index (χ1n) is 6.43. The van der Waals surface area contributed by atoms with Gasteiger partial charge in [-0.3, -0.25) is 0 Å². The van der Waals surface area contributed by atoms with Crippen molar-refractivity contribution >= 4 is 5.97 Å². The molecule has 1 heterocycles. The lowest BCUT2D eigenvalue weighted by Crippen LogP contribution is -2.01. The molecule has 6 heteroatoms. The molecule has 3 rings (SSSR count). The van der Waals surface area contributed by atoms with Crippen molar-refractivity contribution in [2.75, 3.05) is 0 Å². The standard InChI is InChI=1S/C16H11FN2O3/c17-11-3-6-13(15(20)9-11)14-7-8-18-19(14)12-4-1-10(2-5-12)16(21)22/h1-9,20H,(H,21,22). The zero-order valence-electron chi connectivity index (χ0n) is 11.3. The van der Waals surface area contributed by atoms with Gasteiger partial charge in [-0.15, -0.1) is 0 Å². The number of aromatic carboxylic acids is 1. The molecular formula is C16H11FN2O3. The zero-order chi connectivity index (χ0) is 15.7. The van der Waals surface area contributed by atoms with E-state index >= 15 is 0 Å². The third-order valence-electron chi connectivity index (χ3n) is 3.24. The number of rotatable bonds is 3. The molecular weight excluding hydrogens is 287 g/mol. The molecule has 0 aliphatic heterocycles. The van der Waals surface area contributed by atoms with Crippen molar-refractivity contribution < 1.29 is 19.4 Å². The Labute approximate surface area is 124 Å². The van der Waals surface area contributed by atoms with Crippen LogP contribution in [-0.4, -0.2) is 26.0 Å². The van der Waals surface area contributed by atoms with Gasteiger partial charge in [0.15, 0.2) is 0 Å². The minimum atomic E-state index is -1.01. The van der Waals surface area contributed by atoms with Gasteiger partial charge in [-0.05, 0) is 42.5 Å². The number of hydrogen-bond acceptors (Lipinski definition) is 3. The van der Waals surface area contributed by atoms with Gasteiger partial charge < -0.3 is 10.2 Å². The fraction of sp³-hybridized carbons (Fsp3) is 0. The van der Waals surface area contributed by atoms with Gasteiger partial charge in [-0.1, -0.05) is 0 Å². The minimum absolute atomic E-state index is 0.169. The van der Waals surface area contributed by atoms with Crippen LogP contribution in [0.2, 0.25) is 0 Å². The Morgan fingerprint density at radius 1 is 1.09 bits per heavy atom. The molecule has 0 aliphatic rings. The molecule has 3 aromatic rings. The van der Waals surface area contributed by atoms with Gasteiger partial charge in [0.25, 0.3) is 0 Å². The van der Waals surface area contributed by atoms with Gasteiger partial charge in [-0.2, -0.15) is 5.10 Å². The van der Waals surface area contributed by atoms with Gasteiger partial charge >= 0.3 is 5.97 Å². The Hall–Kier alpha value is -3.15. The van der Waals surface area contributed by atoms with Crippen LogP contribution in [0.15, 0.2) is 54.7 Å². The molecule has 1 aromatic heterocycles. The monoisotopic (exact) mass is 298 g/mol. The fourth-order valence-corrected chi connectivity index (χ4v) is 2.18. The van der Waals surface area contributed by atoms with Gasteiger partial charge in [0, 0.05) is 11.6 Å². The number of halogens is 1. The van der Waals surface area contributed by atoms with Crippen LogP contribution in [0.3, 0.4) is 0 Å². The van der Waals surface area contributed by atoms with E-state index in [1.165, 1.54) is 24.3 Å². The summed E-state index contributed by atoms with van der Waals surface area (Å²) >= 11 is 0. The number of aromatic hydroxyl groups is 1. The lowest BCUT2D eigenvalue weighted by Gasteiger charge is -2.09. The van der Waals surface area contributed by atoms with Gasteiger partial charge in [0.05, 0.1) is 23.1 Å². The summed E-state index contributed by atoms with van der Waals surface area (Å²) in [5.74, 6) is -1.73. The summed E-state index contributed by atoms with van der Waals surface area (Å²) in [5.41, 5.74) is 1.80. The summed E-state index contributed by atoms with van der Waals surface area (Å²) in [6.07, 6.45) is 1.54. The molecule has 0 bridgehead atoms. The first-order valence-corrected chi connectivity index (χ1v) is 6.43. The number of carboxylic acids is 1.